The largest absolute Gasteiger partial charge is 0.494 e. The van der Waals surface area contributed by atoms with Crippen LogP contribution >= 0.6 is 0 Å². The summed E-state index contributed by atoms with van der Waals surface area (Å²) >= 11 is 0. The molecule has 1 fully saturated rings. The number of hydrogen-bond donors (Lipinski definition) is 2. The van der Waals surface area contributed by atoms with Gasteiger partial charge in [-0.15, -0.1) is 0 Å². The van der Waals surface area contributed by atoms with E-state index in [1.807, 2.05) is 24.3 Å². The fourth-order valence-corrected chi connectivity index (χ4v) is 3.19. The number of halogens is 1. The van der Waals surface area contributed by atoms with E-state index in [4.69, 9.17) is 4.74 Å². The van der Waals surface area contributed by atoms with Crippen LogP contribution in [0.5, 0.6) is 5.88 Å². The van der Waals surface area contributed by atoms with E-state index >= 15 is 0 Å². The third-order valence-electron chi connectivity index (χ3n) is 4.58. The summed E-state index contributed by atoms with van der Waals surface area (Å²) in [7, 11) is 0. The Balaban J connectivity index is 1.51. The summed E-state index contributed by atoms with van der Waals surface area (Å²) in [5, 5.41) is 10.4. The van der Waals surface area contributed by atoms with E-state index in [0.717, 1.165) is 38.5 Å². The minimum absolute atomic E-state index is 0.0854. The van der Waals surface area contributed by atoms with Crippen LogP contribution < -0.4 is 0 Å². The lowest BCUT2D eigenvalue weighted by molar-refractivity contribution is 0.0342. The fraction of sp³-hybridized carbons (Fsp3) is 0.250. The fourth-order valence-electron chi connectivity index (χ4n) is 3.19. The Morgan fingerprint density at radius 1 is 1.15 bits per heavy atom. The molecule has 0 unspecified atom stereocenters. The Kier molecular flexibility index (Phi) is 4.69. The summed E-state index contributed by atoms with van der Waals surface area (Å²) in [5.41, 5.74) is 2.87. The van der Waals surface area contributed by atoms with E-state index in [9.17, 15) is 9.50 Å². The highest BCUT2D eigenvalue weighted by molar-refractivity contribution is 6.02. The number of aliphatic imine (C=N–C) groups is 1. The molecule has 1 aliphatic rings. The summed E-state index contributed by atoms with van der Waals surface area (Å²) in [5.74, 6) is -0.473. The molecule has 5 nitrogen and oxygen atoms in total. The van der Waals surface area contributed by atoms with Gasteiger partial charge in [-0.2, -0.15) is 0 Å². The number of nitrogens with one attached hydrogen (secondary N) is 1. The molecule has 0 atom stereocenters. The number of H-pyrrole nitrogens is 1. The third-order valence-corrected chi connectivity index (χ3v) is 4.58. The summed E-state index contributed by atoms with van der Waals surface area (Å²) in [6.45, 7) is 4.36. The lowest BCUT2D eigenvalue weighted by Crippen LogP contribution is -2.35. The normalized spacial score (nSPS) is 15.9. The zero-order chi connectivity index (χ0) is 17.9. The van der Waals surface area contributed by atoms with Crippen molar-refractivity contribution in [2.24, 2.45) is 4.99 Å². The molecule has 134 valence electrons. The van der Waals surface area contributed by atoms with Crippen molar-refractivity contribution in [1.82, 2.24) is 9.88 Å². The molecule has 1 aromatic heterocycles. The topological polar surface area (TPSA) is 60.8 Å². The summed E-state index contributed by atoms with van der Waals surface area (Å²) < 4.78 is 19.4. The van der Waals surface area contributed by atoms with Crippen LogP contribution in [0.1, 0.15) is 11.1 Å². The van der Waals surface area contributed by atoms with Crippen molar-refractivity contribution < 1.29 is 14.2 Å². The van der Waals surface area contributed by atoms with Crippen LogP contribution in [-0.2, 0) is 11.3 Å². The van der Waals surface area contributed by atoms with Gasteiger partial charge in [0.1, 0.15) is 5.82 Å². The summed E-state index contributed by atoms with van der Waals surface area (Å²) in [4.78, 5) is 9.51. The van der Waals surface area contributed by atoms with Gasteiger partial charge in [0, 0.05) is 31.2 Å². The Morgan fingerprint density at radius 2 is 1.92 bits per heavy atom. The lowest BCUT2D eigenvalue weighted by atomic mass is 10.1. The second-order valence-corrected chi connectivity index (χ2v) is 6.36. The predicted molar refractivity (Wildman–Crippen MR) is 99.7 cm³/mol. The molecule has 6 heteroatoms. The van der Waals surface area contributed by atoms with E-state index < -0.39 is 0 Å². The highest BCUT2D eigenvalue weighted by Gasteiger charge is 2.13. The number of morpholine rings is 1. The summed E-state index contributed by atoms with van der Waals surface area (Å²) in [6, 6.07) is 12.6. The number of aromatic nitrogens is 1. The van der Waals surface area contributed by atoms with Gasteiger partial charge in [-0.3, -0.25) is 9.89 Å². The molecule has 2 heterocycles. The number of aromatic hydroxyl groups is 1. The van der Waals surface area contributed by atoms with Crippen molar-refractivity contribution >= 4 is 22.8 Å². The number of fused-ring (bicyclic) bond motifs is 1. The van der Waals surface area contributed by atoms with Gasteiger partial charge in [0.05, 0.1) is 30.0 Å². The monoisotopic (exact) mass is 353 g/mol. The molecule has 2 N–H and O–H groups in total. The number of rotatable bonds is 4. The van der Waals surface area contributed by atoms with Crippen molar-refractivity contribution in [3.05, 3.63) is 59.4 Å². The average Bonchev–Trinajstić information content (AvgIpc) is 2.98. The second-order valence-electron chi connectivity index (χ2n) is 6.36. The van der Waals surface area contributed by atoms with Crippen molar-refractivity contribution in [3.8, 4) is 5.88 Å². The molecule has 0 bridgehead atoms. The quantitative estimate of drug-likeness (QED) is 0.705. The molecule has 1 aliphatic heterocycles. The van der Waals surface area contributed by atoms with Crippen LogP contribution in [0.2, 0.25) is 0 Å². The molecule has 2 aromatic carbocycles. The van der Waals surface area contributed by atoms with Crippen LogP contribution in [0.4, 0.5) is 10.1 Å². The van der Waals surface area contributed by atoms with E-state index in [2.05, 4.69) is 14.9 Å². The second kappa shape index (κ2) is 7.27. The number of aromatic amines is 1. The molecule has 0 radical (unpaired) electrons. The number of benzene rings is 2. The molecule has 0 aliphatic carbocycles. The van der Waals surface area contributed by atoms with Gasteiger partial charge in [0.2, 0.25) is 0 Å². The van der Waals surface area contributed by atoms with Gasteiger partial charge in [-0.25, -0.2) is 4.39 Å². The zero-order valence-corrected chi connectivity index (χ0v) is 14.3. The highest BCUT2D eigenvalue weighted by Crippen LogP contribution is 2.28. The Labute approximate surface area is 150 Å². The van der Waals surface area contributed by atoms with E-state index in [1.165, 1.54) is 17.8 Å². The average molecular weight is 353 g/mol. The van der Waals surface area contributed by atoms with Crippen molar-refractivity contribution in [3.63, 3.8) is 0 Å². The molecule has 3 aromatic rings. The molecule has 1 saturated heterocycles. The van der Waals surface area contributed by atoms with Gasteiger partial charge in [0.25, 0.3) is 0 Å². The zero-order valence-electron chi connectivity index (χ0n) is 14.3. The molecule has 0 spiro atoms. The lowest BCUT2D eigenvalue weighted by Gasteiger charge is -2.26. The maximum Gasteiger partial charge on any atom is 0.198 e. The molecule has 26 heavy (non-hydrogen) atoms. The first-order chi connectivity index (χ1) is 12.7. The SMILES string of the molecule is Oc1[nH]c2cccc(F)c2c1C=Nc1ccc(CN2CCOCC2)cc1. The number of ether oxygens (including phenoxy) is 1. The summed E-state index contributed by atoms with van der Waals surface area (Å²) in [6.07, 6.45) is 1.49. The first-order valence-electron chi connectivity index (χ1n) is 8.63. The van der Waals surface area contributed by atoms with E-state index in [1.54, 1.807) is 12.1 Å². The molecule has 4 rings (SSSR count). The maximum absolute atomic E-state index is 14.1. The van der Waals surface area contributed by atoms with E-state index in [0.29, 0.717) is 16.5 Å². The number of hydrogen-bond acceptors (Lipinski definition) is 4. The van der Waals surface area contributed by atoms with Gasteiger partial charge in [0.15, 0.2) is 5.88 Å². The maximum atomic E-state index is 14.1. The highest BCUT2D eigenvalue weighted by atomic mass is 19.1. The molecular formula is C20H20FN3O2. The van der Waals surface area contributed by atoms with Crippen LogP contribution in [0, 0.1) is 5.82 Å². The van der Waals surface area contributed by atoms with Gasteiger partial charge in [-0.1, -0.05) is 18.2 Å². The van der Waals surface area contributed by atoms with E-state index in [-0.39, 0.29) is 11.7 Å². The van der Waals surface area contributed by atoms with Crippen LogP contribution in [0.15, 0.2) is 47.5 Å². The minimum atomic E-state index is -0.388. The van der Waals surface area contributed by atoms with Crippen LogP contribution in [0.3, 0.4) is 0 Å². The third kappa shape index (κ3) is 3.47. The Hall–Kier alpha value is -2.70. The Bertz CT molecular complexity index is 928. The van der Waals surface area contributed by atoms with Crippen LogP contribution in [0.25, 0.3) is 10.9 Å². The van der Waals surface area contributed by atoms with Gasteiger partial charge >= 0.3 is 0 Å². The minimum Gasteiger partial charge on any atom is -0.494 e. The molecular weight excluding hydrogens is 333 g/mol. The Morgan fingerprint density at radius 3 is 2.69 bits per heavy atom. The first-order valence-corrected chi connectivity index (χ1v) is 8.63. The molecule has 0 amide bonds. The standard InChI is InChI=1S/C20H20FN3O2/c21-17-2-1-3-18-19(17)16(20(25)23-18)12-22-15-6-4-14(5-7-15)13-24-8-10-26-11-9-24/h1-7,12,23,25H,8-11,13H2. The van der Waals surface area contributed by atoms with Gasteiger partial charge < -0.3 is 14.8 Å². The number of nitrogens with zero attached hydrogens (tertiary/aromatic N) is 2. The predicted octanol–water partition coefficient (Wildman–Crippen LogP) is 3.60. The van der Waals surface area contributed by atoms with Crippen LogP contribution in [-0.4, -0.2) is 47.5 Å². The van der Waals surface area contributed by atoms with Crippen molar-refractivity contribution in [1.29, 1.82) is 0 Å². The molecule has 0 saturated carbocycles. The van der Waals surface area contributed by atoms with Gasteiger partial charge in [-0.05, 0) is 29.8 Å². The van der Waals surface area contributed by atoms with Crippen molar-refractivity contribution in [2.45, 2.75) is 6.54 Å². The smallest absolute Gasteiger partial charge is 0.198 e. The van der Waals surface area contributed by atoms with Crippen molar-refractivity contribution in [2.75, 3.05) is 26.3 Å². The first kappa shape index (κ1) is 16.8.